The number of rotatable bonds is 7. The van der Waals surface area contributed by atoms with E-state index in [1.54, 1.807) is 0 Å². The number of benzene rings is 1. The van der Waals surface area contributed by atoms with Gasteiger partial charge in [0.1, 0.15) is 5.78 Å². The van der Waals surface area contributed by atoms with Gasteiger partial charge in [-0.15, -0.1) is 0 Å². The molecule has 0 atom stereocenters. The Bertz CT molecular complexity index is 796. The van der Waals surface area contributed by atoms with E-state index < -0.39 is 0 Å². The van der Waals surface area contributed by atoms with Crippen LogP contribution in [0.5, 0.6) is 0 Å². The molecule has 0 aliphatic heterocycles. The fourth-order valence-electron chi connectivity index (χ4n) is 3.11. The first kappa shape index (κ1) is 17.9. The Kier molecular flexibility index (Phi) is 6.08. The standard InChI is InChI=1S/C20H24N2O2S/c1-14-8-10-15(11-9-14)13-16(23)5-4-12-25-20-21-18-7-3-2-6-17(18)19(24)22-20/h8-11H,2-7,12-13H2,1H3,(H,21,22,24). The van der Waals surface area contributed by atoms with Crippen LogP contribution in [0, 0.1) is 6.92 Å². The summed E-state index contributed by atoms with van der Waals surface area (Å²) < 4.78 is 0. The Morgan fingerprint density at radius 2 is 1.96 bits per heavy atom. The van der Waals surface area contributed by atoms with Crippen LogP contribution in [0.1, 0.15) is 48.1 Å². The minimum Gasteiger partial charge on any atom is -0.301 e. The van der Waals surface area contributed by atoms with Gasteiger partial charge in [-0.3, -0.25) is 9.59 Å². The summed E-state index contributed by atoms with van der Waals surface area (Å²) in [5.41, 5.74) is 4.13. The third-order valence-corrected chi connectivity index (χ3v) is 5.49. The molecule has 0 spiro atoms. The molecule has 0 saturated heterocycles. The number of nitrogens with zero attached hydrogens (tertiary/aromatic N) is 1. The summed E-state index contributed by atoms with van der Waals surface area (Å²) in [6.45, 7) is 2.04. The average molecular weight is 356 g/mol. The molecule has 0 saturated carbocycles. The number of aromatic amines is 1. The second kappa shape index (κ2) is 8.48. The van der Waals surface area contributed by atoms with Crippen LogP contribution in [0.4, 0.5) is 0 Å². The molecule has 1 aliphatic carbocycles. The first-order valence-corrected chi connectivity index (χ1v) is 9.92. The van der Waals surface area contributed by atoms with Gasteiger partial charge in [0.15, 0.2) is 5.16 Å². The zero-order valence-electron chi connectivity index (χ0n) is 14.6. The van der Waals surface area contributed by atoms with E-state index >= 15 is 0 Å². The average Bonchev–Trinajstić information content (AvgIpc) is 2.61. The van der Waals surface area contributed by atoms with E-state index in [2.05, 4.69) is 9.97 Å². The van der Waals surface area contributed by atoms with Gasteiger partial charge in [-0.1, -0.05) is 41.6 Å². The molecule has 3 rings (SSSR count). The van der Waals surface area contributed by atoms with Crippen molar-refractivity contribution in [3.8, 4) is 0 Å². The lowest BCUT2D eigenvalue weighted by Crippen LogP contribution is -2.21. The highest BCUT2D eigenvalue weighted by atomic mass is 32.2. The monoisotopic (exact) mass is 356 g/mol. The summed E-state index contributed by atoms with van der Waals surface area (Å²) in [5, 5.41) is 0.691. The van der Waals surface area contributed by atoms with Crippen LogP contribution in [0.15, 0.2) is 34.2 Å². The van der Waals surface area contributed by atoms with Crippen LogP contribution in [-0.2, 0) is 24.1 Å². The van der Waals surface area contributed by atoms with Crippen molar-refractivity contribution in [1.82, 2.24) is 9.97 Å². The summed E-state index contributed by atoms with van der Waals surface area (Å²) >= 11 is 1.54. The van der Waals surface area contributed by atoms with Crippen LogP contribution >= 0.6 is 11.8 Å². The molecule has 1 aliphatic rings. The minimum atomic E-state index is 0.0163. The number of ketones is 1. The first-order valence-electron chi connectivity index (χ1n) is 8.94. The number of thioether (sulfide) groups is 1. The molecule has 0 bridgehead atoms. The summed E-state index contributed by atoms with van der Waals surface area (Å²) in [6.07, 6.45) is 5.80. The second-order valence-corrected chi connectivity index (χ2v) is 7.74. The number of carbonyl (C=O) groups excluding carboxylic acids is 1. The van der Waals surface area contributed by atoms with Crippen molar-refractivity contribution in [3.63, 3.8) is 0 Å². The summed E-state index contributed by atoms with van der Waals surface area (Å²) in [4.78, 5) is 31.6. The van der Waals surface area contributed by atoms with Crippen LogP contribution in [0.3, 0.4) is 0 Å². The highest BCUT2D eigenvalue weighted by Crippen LogP contribution is 2.20. The maximum Gasteiger partial charge on any atom is 0.254 e. The topological polar surface area (TPSA) is 62.8 Å². The van der Waals surface area contributed by atoms with E-state index in [0.717, 1.165) is 54.7 Å². The number of hydrogen-bond acceptors (Lipinski definition) is 4. The van der Waals surface area contributed by atoms with Gasteiger partial charge in [0.05, 0.1) is 5.69 Å². The Morgan fingerprint density at radius 1 is 1.20 bits per heavy atom. The molecule has 1 N–H and O–H groups in total. The zero-order chi connectivity index (χ0) is 17.6. The van der Waals surface area contributed by atoms with Gasteiger partial charge in [-0.05, 0) is 44.6 Å². The van der Waals surface area contributed by atoms with Gasteiger partial charge in [0.2, 0.25) is 0 Å². The number of aromatic nitrogens is 2. The molecular weight excluding hydrogens is 332 g/mol. The normalized spacial score (nSPS) is 13.5. The molecule has 0 amide bonds. The van der Waals surface area contributed by atoms with Crippen molar-refractivity contribution in [2.24, 2.45) is 0 Å². The van der Waals surface area contributed by atoms with Gasteiger partial charge in [0, 0.05) is 24.2 Å². The third kappa shape index (κ3) is 5.05. The van der Waals surface area contributed by atoms with E-state index in [9.17, 15) is 9.59 Å². The Hall–Kier alpha value is -1.88. The molecule has 0 radical (unpaired) electrons. The van der Waals surface area contributed by atoms with Crippen LogP contribution in [-0.4, -0.2) is 21.5 Å². The van der Waals surface area contributed by atoms with Gasteiger partial charge in [-0.25, -0.2) is 4.98 Å². The van der Waals surface area contributed by atoms with Crippen molar-refractivity contribution in [2.75, 3.05) is 5.75 Å². The van der Waals surface area contributed by atoms with E-state index in [1.165, 1.54) is 17.3 Å². The van der Waals surface area contributed by atoms with Gasteiger partial charge in [0.25, 0.3) is 5.56 Å². The van der Waals surface area contributed by atoms with Gasteiger partial charge in [-0.2, -0.15) is 0 Å². The Labute approximate surface area is 152 Å². The van der Waals surface area contributed by atoms with Crippen LogP contribution in [0.2, 0.25) is 0 Å². The maximum atomic E-state index is 12.1. The van der Waals surface area contributed by atoms with Gasteiger partial charge >= 0.3 is 0 Å². The molecule has 4 nitrogen and oxygen atoms in total. The summed E-state index contributed by atoms with van der Waals surface area (Å²) in [7, 11) is 0. The SMILES string of the molecule is Cc1ccc(CC(=O)CCCSc2nc3c(c(=O)[nH]2)CCCC3)cc1. The van der Waals surface area contributed by atoms with E-state index in [-0.39, 0.29) is 11.3 Å². The minimum absolute atomic E-state index is 0.0163. The zero-order valence-corrected chi connectivity index (χ0v) is 15.5. The molecule has 132 valence electrons. The fraction of sp³-hybridized carbons (Fsp3) is 0.450. The first-order chi connectivity index (χ1) is 12.1. The van der Waals surface area contributed by atoms with E-state index in [0.29, 0.717) is 18.0 Å². The lowest BCUT2D eigenvalue weighted by atomic mass is 9.97. The number of nitrogens with one attached hydrogen (secondary N) is 1. The predicted molar refractivity (Wildman–Crippen MR) is 101 cm³/mol. The molecule has 5 heteroatoms. The van der Waals surface area contributed by atoms with Crippen molar-refractivity contribution in [1.29, 1.82) is 0 Å². The quantitative estimate of drug-likeness (QED) is 0.467. The number of carbonyl (C=O) groups is 1. The second-order valence-electron chi connectivity index (χ2n) is 6.66. The molecule has 2 aromatic rings. The molecule has 1 aromatic heterocycles. The number of hydrogen-bond donors (Lipinski definition) is 1. The van der Waals surface area contributed by atoms with E-state index in [1.807, 2.05) is 31.2 Å². The molecule has 1 heterocycles. The number of aryl methyl sites for hydroxylation is 2. The van der Waals surface area contributed by atoms with Crippen molar-refractivity contribution in [3.05, 3.63) is 57.0 Å². The van der Waals surface area contributed by atoms with E-state index in [4.69, 9.17) is 0 Å². The predicted octanol–water partition coefficient (Wildman–Crippen LogP) is 3.64. The number of H-pyrrole nitrogens is 1. The number of fused-ring (bicyclic) bond motifs is 1. The summed E-state index contributed by atoms with van der Waals surface area (Å²) in [6, 6.07) is 8.11. The lowest BCUT2D eigenvalue weighted by Gasteiger charge is -2.14. The molecular formula is C20H24N2O2S. The highest BCUT2D eigenvalue weighted by molar-refractivity contribution is 7.99. The molecule has 0 fully saturated rings. The number of Topliss-reactive ketones (excluding diaryl/α,β-unsaturated/α-hetero) is 1. The largest absolute Gasteiger partial charge is 0.301 e. The van der Waals surface area contributed by atoms with Crippen LogP contribution in [0.25, 0.3) is 0 Å². The lowest BCUT2D eigenvalue weighted by molar-refractivity contribution is -0.118. The van der Waals surface area contributed by atoms with Crippen molar-refractivity contribution in [2.45, 2.75) is 57.0 Å². The highest BCUT2D eigenvalue weighted by Gasteiger charge is 2.15. The smallest absolute Gasteiger partial charge is 0.254 e. The van der Waals surface area contributed by atoms with Gasteiger partial charge < -0.3 is 4.98 Å². The molecule has 0 unspecified atom stereocenters. The fourth-order valence-corrected chi connectivity index (χ4v) is 3.93. The molecule has 25 heavy (non-hydrogen) atoms. The van der Waals surface area contributed by atoms with Crippen LogP contribution < -0.4 is 5.56 Å². The maximum absolute atomic E-state index is 12.1. The molecule has 1 aromatic carbocycles. The van der Waals surface area contributed by atoms with Crippen molar-refractivity contribution >= 4 is 17.5 Å². The van der Waals surface area contributed by atoms with Crippen molar-refractivity contribution < 1.29 is 4.79 Å². The Morgan fingerprint density at radius 3 is 2.76 bits per heavy atom. The Balaban J connectivity index is 1.45. The summed E-state index contributed by atoms with van der Waals surface area (Å²) in [5.74, 6) is 1.05. The third-order valence-electron chi connectivity index (χ3n) is 4.53.